The molecule has 1 amide bonds. The van der Waals surface area contributed by atoms with Gasteiger partial charge in [0.05, 0.1) is 24.8 Å². The average Bonchev–Trinajstić information content (AvgIpc) is 2.70. The minimum atomic E-state index is -0.507. The summed E-state index contributed by atoms with van der Waals surface area (Å²) in [6, 6.07) is 10.8. The molecule has 144 valence electrons. The third-order valence-corrected chi connectivity index (χ3v) is 5.83. The molecule has 26 heavy (non-hydrogen) atoms. The van der Waals surface area contributed by atoms with Crippen LogP contribution in [-0.2, 0) is 9.53 Å². The van der Waals surface area contributed by atoms with Crippen molar-refractivity contribution in [1.29, 1.82) is 0 Å². The first kappa shape index (κ1) is 19.3. The van der Waals surface area contributed by atoms with E-state index >= 15 is 0 Å². The molecular formula is C21H33N3O2. The van der Waals surface area contributed by atoms with Gasteiger partial charge >= 0.3 is 0 Å². The predicted molar refractivity (Wildman–Crippen MR) is 104 cm³/mol. The molecule has 1 atom stereocenters. The lowest BCUT2D eigenvalue weighted by molar-refractivity contribution is -0.134. The first-order chi connectivity index (χ1) is 12.6. The smallest absolute Gasteiger partial charge is 0.240 e. The monoisotopic (exact) mass is 359 g/mol. The number of nitrogens with zero attached hydrogens (tertiary/aromatic N) is 2. The number of nitrogens with one attached hydrogen (secondary N) is 1. The fraction of sp³-hybridized carbons (Fsp3) is 0.667. The Kier molecular flexibility index (Phi) is 6.68. The Hall–Kier alpha value is -1.43. The topological polar surface area (TPSA) is 44.8 Å². The minimum Gasteiger partial charge on any atom is -0.379 e. The fourth-order valence-corrected chi connectivity index (χ4v) is 4.03. The molecule has 1 N–H and O–H groups in total. The largest absolute Gasteiger partial charge is 0.379 e. The van der Waals surface area contributed by atoms with E-state index in [0.717, 1.165) is 26.2 Å². The van der Waals surface area contributed by atoms with Crippen molar-refractivity contribution in [1.82, 2.24) is 15.1 Å². The Balaban J connectivity index is 1.65. The van der Waals surface area contributed by atoms with Crippen LogP contribution in [0.3, 0.4) is 0 Å². The normalized spacial score (nSPS) is 21.3. The van der Waals surface area contributed by atoms with Gasteiger partial charge in [-0.1, -0.05) is 36.8 Å². The van der Waals surface area contributed by atoms with Crippen molar-refractivity contribution in [3.63, 3.8) is 0 Å². The van der Waals surface area contributed by atoms with Crippen LogP contribution >= 0.6 is 0 Å². The van der Waals surface area contributed by atoms with Gasteiger partial charge in [-0.05, 0) is 45.3 Å². The minimum absolute atomic E-state index is 0.109. The highest BCUT2D eigenvalue weighted by Crippen LogP contribution is 2.24. The predicted octanol–water partition coefficient (Wildman–Crippen LogP) is 2.44. The van der Waals surface area contributed by atoms with Crippen LogP contribution in [0.1, 0.15) is 44.7 Å². The van der Waals surface area contributed by atoms with Gasteiger partial charge in [0.25, 0.3) is 0 Å². The molecule has 3 rings (SSSR count). The molecule has 0 aliphatic carbocycles. The van der Waals surface area contributed by atoms with E-state index in [1.807, 2.05) is 13.8 Å². The Morgan fingerprint density at radius 1 is 1.08 bits per heavy atom. The van der Waals surface area contributed by atoms with Gasteiger partial charge < -0.3 is 10.1 Å². The van der Waals surface area contributed by atoms with Crippen LogP contribution in [0.15, 0.2) is 30.3 Å². The number of ether oxygens (including phenoxy) is 1. The first-order valence-corrected chi connectivity index (χ1v) is 9.99. The molecule has 2 saturated heterocycles. The number of hydrogen-bond acceptors (Lipinski definition) is 4. The summed E-state index contributed by atoms with van der Waals surface area (Å²) < 4.78 is 5.43. The number of benzene rings is 1. The summed E-state index contributed by atoms with van der Waals surface area (Å²) in [6.45, 7) is 9.97. The number of amides is 1. The van der Waals surface area contributed by atoms with E-state index in [-0.39, 0.29) is 11.9 Å². The maximum Gasteiger partial charge on any atom is 0.240 e. The SMILES string of the molecule is CC(C)(C(=O)NC[C@@H](c1ccccc1)N1CCCCC1)N1CCOCC1. The lowest BCUT2D eigenvalue weighted by Gasteiger charge is -2.40. The highest BCUT2D eigenvalue weighted by atomic mass is 16.5. The fourth-order valence-electron chi connectivity index (χ4n) is 4.03. The molecule has 2 aliphatic heterocycles. The van der Waals surface area contributed by atoms with Crippen molar-refractivity contribution < 1.29 is 9.53 Å². The number of rotatable bonds is 6. The van der Waals surface area contributed by atoms with Crippen LogP contribution in [-0.4, -0.2) is 67.2 Å². The summed E-state index contributed by atoms with van der Waals surface area (Å²) in [5.41, 5.74) is 0.784. The highest BCUT2D eigenvalue weighted by molar-refractivity contribution is 5.85. The number of hydrogen-bond donors (Lipinski definition) is 1. The quantitative estimate of drug-likeness (QED) is 0.847. The zero-order valence-electron chi connectivity index (χ0n) is 16.2. The molecule has 0 saturated carbocycles. The van der Waals surface area contributed by atoms with Crippen molar-refractivity contribution in [3.05, 3.63) is 35.9 Å². The van der Waals surface area contributed by atoms with Crippen molar-refractivity contribution in [2.24, 2.45) is 0 Å². The molecule has 0 aromatic heterocycles. The van der Waals surface area contributed by atoms with Crippen molar-refractivity contribution in [2.45, 2.75) is 44.7 Å². The van der Waals surface area contributed by atoms with Crippen LogP contribution in [0.4, 0.5) is 0 Å². The highest BCUT2D eigenvalue weighted by Gasteiger charge is 2.36. The Bertz CT molecular complexity index is 564. The van der Waals surface area contributed by atoms with Gasteiger partial charge in [0.2, 0.25) is 5.91 Å². The van der Waals surface area contributed by atoms with E-state index in [4.69, 9.17) is 4.74 Å². The Morgan fingerprint density at radius 3 is 2.38 bits per heavy atom. The van der Waals surface area contributed by atoms with Crippen molar-refractivity contribution in [3.8, 4) is 0 Å². The van der Waals surface area contributed by atoms with E-state index in [0.29, 0.717) is 19.8 Å². The summed E-state index contributed by atoms with van der Waals surface area (Å²) in [5.74, 6) is 0.109. The lowest BCUT2D eigenvalue weighted by atomic mass is 9.99. The Labute approximate surface area is 157 Å². The van der Waals surface area contributed by atoms with Crippen molar-refractivity contribution >= 4 is 5.91 Å². The van der Waals surface area contributed by atoms with Crippen LogP contribution in [0.25, 0.3) is 0 Å². The molecule has 1 aromatic rings. The van der Waals surface area contributed by atoms with Crippen LogP contribution in [0.5, 0.6) is 0 Å². The van der Waals surface area contributed by atoms with Gasteiger partial charge in [0, 0.05) is 19.6 Å². The van der Waals surface area contributed by atoms with E-state index in [1.165, 1.54) is 24.8 Å². The van der Waals surface area contributed by atoms with Crippen LogP contribution in [0.2, 0.25) is 0 Å². The lowest BCUT2D eigenvalue weighted by Crippen LogP contribution is -2.58. The average molecular weight is 360 g/mol. The summed E-state index contributed by atoms with van der Waals surface area (Å²) in [6.07, 6.45) is 3.81. The molecule has 1 aromatic carbocycles. The standard InChI is InChI=1S/C21H33N3O2/c1-21(2,24-13-15-26-16-14-24)20(25)22-17-19(18-9-5-3-6-10-18)23-11-7-4-8-12-23/h3,5-6,9-10,19H,4,7-8,11-17H2,1-2H3,(H,22,25)/t19-/m0/s1. The number of piperidine rings is 1. The van der Waals surface area contributed by atoms with Gasteiger partial charge in [-0.2, -0.15) is 0 Å². The van der Waals surface area contributed by atoms with E-state index in [1.54, 1.807) is 0 Å². The van der Waals surface area contributed by atoms with Crippen LogP contribution in [0, 0.1) is 0 Å². The third kappa shape index (κ3) is 4.64. The van der Waals surface area contributed by atoms with E-state index in [2.05, 4.69) is 45.4 Å². The molecule has 0 spiro atoms. The molecule has 0 radical (unpaired) electrons. The molecule has 0 bridgehead atoms. The van der Waals surface area contributed by atoms with Gasteiger partial charge in [-0.15, -0.1) is 0 Å². The summed E-state index contributed by atoms with van der Waals surface area (Å²) >= 11 is 0. The molecular weight excluding hydrogens is 326 g/mol. The summed E-state index contributed by atoms with van der Waals surface area (Å²) in [7, 11) is 0. The molecule has 2 aliphatic rings. The Morgan fingerprint density at radius 2 is 1.73 bits per heavy atom. The molecule has 2 heterocycles. The maximum atomic E-state index is 13.0. The molecule has 2 fully saturated rings. The van der Waals surface area contributed by atoms with Crippen molar-refractivity contribution in [2.75, 3.05) is 45.9 Å². The maximum absolute atomic E-state index is 13.0. The zero-order valence-corrected chi connectivity index (χ0v) is 16.2. The summed E-state index contributed by atoms with van der Waals surface area (Å²) in [4.78, 5) is 17.7. The summed E-state index contributed by atoms with van der Waals surface area (Å²) in [5, 5.41) is 3.25. The van der Waals surface area contributed by atoms with Gasteiger partial charge in [0.15, 0.2) is 0 Å². The second-order valence-corrected chi connectivity index (χ2v) is 7.89. The zero-order chi connectivity index (χ0) is 18.4. The van der Waals surface area contributed by atoms with Gasteiger partial charge in [0.1, 0.15) is 0 Å². The molecule has 0 unspecified atom stereocenters. The second-order valence-electron chi connectivity index (χ2n) is 7.89. The van der Waals surface area contributed by atoms with E-state index < -0.39 is 5.54 Å². The van der Waals surface area contributed by atoms with Gasteiger partial charge in [-0.3, -0.25) is 14.6 Å². The molecule has 5 nitrogen and oxygen atoms in total. The number of likely N-dealkylation sites (tertiary alicyclic amines) is 1. The number of carbonyl (C=O) groups is 1. The number of carbonyl (C=O) groups excluding carboxylic acids is 1. The van der Waals surface area contributed by atoms with E-state index in [9.17, 15) is 4.79 Å². The second kappa shape index (κ2) is 8.98. The first-order valence-electron chi connectivity index (χ1n) is 9.99. The number of morpholine rings is 1. The van der Waals surface area contributed by atoms with Crippen LogP contribution < -0.4 is 5.32 Å². The molecule has 5 heteroatoms. The third-order valence-electron chi connectivity index (χ3n) is 5.83. The van der Waals surface area contributed by atoms with Gasteiger partial charge in [-0.25, -0.2) is 0 Å².